The number of hydrazine groups is 1. The molecule has 2 N–H and O–H groups in total. The highest BCUT2D eigenvalue weighted by Gasteiger charge is 2.02. The monoisotopic (exact) mass is 174 g/mol. The first-order valence-electron chi connectivity index (χ1n) is 4.27. The zero-order valence-electron chi connectivity index (χ0n) is 7.88. The van der Waals surface area contributed by atoms with Gasteiger partial charge in [-0.15, -0.1) is 0 Å². The Morgan fingerprint density at radius 3 is 2.67 bits per heavy atom. The van der Waals surface area contributed by atoms with Crippen LogP contribution in [0.3, 0.4) is 0 Å². The van der Waals surface area contributed by atoms with Gasteiger partial charge in [0.15, 0.2) is 0 Å². The second kappa shape index (κ2) is 7.06. The van der Waals surface area contributed by atoms with Gasteiger partial charge in [-0.3, -0.25) is 9.80 Å². The lowest BCUT2D eigenvalue weighted by Gasteiger charge is -2.09. The normalized spacial score (nSPS) is 9.92. The van der Waals surface area contributed by atoms with Gasteiger partial charge in [-0.05, 0) is 6.42 Å². The van der Waals surface area contributed by atoms with Crippen molar-refractivity contribution in [1.29, 1.82) is 0 Å². The second-order valence-corrected chi connectivity index (χ2v) is 2.76. The summed E-state index contributed by atoms with van der Waals surface area (Å²) < 4.78 is 5.09. The first-order valence-corrected chi connectivity index (χ1v) is 4.27. The number of nitrogens with zero attached hydrogens (tertiary/aromatic N) is 1. The van der Waals surface area contributed by atoms with Crippen LogP contribution >= 0.6 is 0 Å². The minimum atomic E-state index is -0.188. The number of carbonyl (C=O) groups excluding carboxylic acids is 1. The predicted octanol–water partition coefficient (Wildman–Crippen LogP) is 0.525. The fourth-order valence-electron chi connectivity index (χ4n) is 0.715. The molecule has 12 heavy (non-hydrogen) atoms. The van der Waals surface area contributed by atoms with Crippen molar-refractivity contribution in [3.8, 4) is 0 Å². The standard InChI is InChI=1S/C8H18N2O2/c1-3-4-5-6-12-7-8(11)10(2)9/h3-7,9H2,1-2H3. The fourth-order valence-corrected chi connectivity index (χ4v) is 0.715. The molecule has 4 heteroatoms. The zero-order valence-corrected chi connectivity index (χ0v) is 7.88. The van der Waals surface area contributed by atoms with E-state index in [1.54, 1.807) is 0 Å². The van der Waals surface area contributed by atoms with Gasteiger partial charge in [0.25, 0.3) is 5.91 Å². The molecule has 0 rings (SSSR count). The molecule has 0 radical (unpaired) electrons. The Bertz CT molecular complexity index is 126. The fraction of sp³-hybridized carbons (Fsp3) is 0.875. The number of likely N-dealkylation sites (N-methyl/N-ethyl adjacent to an activating group) is 1. The summed E-state index contributed by atoms with van der Waals surface area (Å²) in [6, 6.07) is 0. The Morgan fingerprint density at radius 2 is 2.17 bits per heavy atom. The SMILES string of the molecule is CCCCCOCC(=O)N(C)N. The minimum Gasteiger partial charge on any atom is -0.372 e. The molecular weight excluding hydrogens is 156 g/mol. The molecule has 0 aliphatic rings. The summed E-state index contributed by atoms with van der Waals surface area (Å²) in [5.41, 5.74) is 0. The van der Waals surface area contributed by atoms with E-state index in [2.05, 4.69) is 6.92 Å². The van der Waals surface area contributed by atoms with Crippen LogP contribution in [-0.2, 0) is 9.53 Å². The highest BCUT2D eigenvalue weighted by atomic mass is 16.5. The minimum absolute atomic E-state index is 0.0940. The van der Waals surface area contributed by atoms with E-state index >= 15 is 0 Å². The number of nitrogens with two attached hydrogens (primary N) is 1. The number of unbranched alkanes of at least 4 members (excludes halogenated alkanes) is 2. The molecule has 0 saturated carbocycles. The third-order valence-electron chi connectivity index (χ3n) is 1.51. The maximum Gasteiger partial charge on any atom is 0.262 e. The van der Waals surface area contributed by atoms with Crippen molar-refractivity contribution in [2.24, 2.45) is 5.84 Å². The lowest BCUT2D eigenvalue weighted by Crippen LogP contribution is -2.36. The molecule has 0 atom stereocenters. The number of hydrogen-bond acceptors (Lipinski definition) is 3. The maximum absolute atomic E-state index is 10.9. The molecule has 0 aromatic heterocycles. The molecule has 72 valence electrons. The summed E-state index contributed by atoms with van der Waals surface area (Å²) in [6.07, 6.45) is 3.32. The van der Waals surface area contributed by atoms with Gasteiger partial charge in [0.1, 0.15) is 6.61 Å². The van der Waals surface area contributed by atoms with E-state index in [1.807, 2.05) is 0 Å². The van der Waals surface area contributed by atoms with Crippen molar-refractivity contribution in [3.63, 3.8) is 0 Å². The van der Waals surface area contributed by atoms with Crippen LogP contribution in [0.4, 0.5) is 0 Å². The largest absolute Gasteiger partial charge is 0.372 e. The summed E-state index contributed by atoms with van der Waals surface area (Å²) in [5, 5.41) is 1.04. The highest BCUT2D eigenvalue weighted by Crippen LogP contribution is 1.93. The zero-order chi connectivity index (χ0) is 9.40. The topological polar surface area (TPSA) is 55.6 Å². The summed E-state index contributed by atoms with van der Waals surface area (Å²) in [4.78, 5) is 10.9. The number of amides is 1. The average molecular weight is 174 g/mol. The van der Waals surface area contributed by atoms with Crippen molar-refractivity contribution in [2.45, 2.75) is 26.2 Å². The van der Waals surface area contributed by atoms with Crippen LogP contribution in [-0.4, -0.2) is 31.2 Å². The predicted molar refractivity (Wildman–Crippen MR) is 47.3 cm³/mol. The van der Waals surface area contributed by atoms with Crippen LogP contribution in [0.1, 0.15) is 26.2 Å². The molecular formula is C8H18N2O2. The Kier molecular flexibility index (Phi) is 6.70. The number of carbonyl (C=O) groups is 1. The van der Waals surface area contributed by atoms with Crippen LogP contribution in [0.15, 0.2) is 0 Å². The maximum atomic E-state index is 10.9. The molecule has 0 fully saturated rings. The van der Waals surface area contributed by atoms with E-state index in [4.69, 9.17) is 10.6 Å². The summed E-state index contributed by atoms with van der Waals surface area (Å²) in [5.74, 6) is 4.99. The van der Waals surface area contributed by atoms with E-state index in [-0.39, 0.29) is 12.5 Å². The first kappa shape index (κ1) is 11.4. The molecule has 0 aromatic carbocycles. The van der Waals surface area contributed by atoms with E-state index in [9.17, 15) is 4.79 Å². The van der Waals surface area contributed by atoms with E-state index in [0.29, 0.717) is 6.61 Å². The summed E-state index contributed by atoms with van der Waals surface area (Å²) in [7, 11) is 1.51. The van der Waals surface area contributed by atoms with Gasteiger partial charge in [0.05, 0.1) is 0 Å². The highest BCUT2D eigenvalue weighted by molar-refractivity contribution is 5.76. The lowest BCUT2D eigenvalue weighted by atomic mass is 10.3. The van der Waals surface area contributed by atoms with Crippen molar-refractivity contribution in [1.82, 2.24) is 5.01 Å². The Morgan fingerprint density at radius 1 is 1.50 bits per heavy atom. The smallest absolute Gasteiger partial charge is 0.262 e. The Hall–Kier alpha value is -0.610. The molecule has 0 aliphatic heterocycles. The quantitative estimate of drug-likeness (QED) is 0.276. The number of hydrogen-bond donors (Lipinski definition) is 1. The molecule has 0 saturated heterocycles. The third kappa shape index (κ3) is 6.12. The number of ether oxygens (including phenoxy) is 1. The summed E-state index contributed by atoms with van der Waals surface area (Å²) in [6.45, 7) is 2.86. The molecule has 0 heterocycles. The van der Waals surface area contributed by atoms with Crippen molar-refractivity contribution < 1.29 is 9.53 Å². The van der Waals surface area contributed by atoms with Crippen LogP contribution in [0, 0.1) is 0 Å². The van der Waals surface area contributed by atoms with Gasteiger partial charge in [-0.1, -0.05) is 19.8 Å². The van der Waals surface area contributed by atoms with Crippen molar-refractivity contribution in [2.75, 3.05) is 20.3 Å². The molecule has 1 amide bonds. The summed E-state index contributed by atoms with van der Waals surface area (Å²) >= 11 is 0. The van der Waals surface area contributed by atoms with Gasteiger partial charge in [0.2, 0.25) is 0 Å². The van der Waals surface area contributed by atoms with Gasteiger partial charge in [-0.25, -0.2) is 5.84 Å². The lowest BCUT2D eigenvalue weighted by molar-refractivity contribution is -0.135. The Balaban J connectivity index is 3.14. The molecule has 0 aromatic rings. The Labute approximate surface area is 73.6 Å². The number of rotatable bonds is 6. The van der Waals surface area contributed by atoms with E-state index < -0.39 is 0 Å². The molecule has 4 nitrogen and oxygen atoms in total. The van der Waals surface area contributed by atoms with Gasteiger partial charge in [0, 0.05) is 13.7 Å². The van der Waals surface area contributed by atoms with E-state index in [0.717, 1.165) is 24.3 Å². The first-order chi connectivity index (χ1) is 5.68. The van der Waals surface area contributed by atoms with Crippen LogP contribution in [0.2, 0.25) is 0 Å². The average Bonchev–Trinajstić information content (AvgIpc) is 2.03. The van der Waals surface area contributed by atoms with Gasteiger partial charge < -0.3 is 4.74 Å². The van der Waals surface area contributed by atoms with Crippen LogP contribution in [0.25, 0.3) is 0 Å². The molecule has 0 unspecified atom stereocenters. The van der Waals surface area contributed by atoms with Crippen LogP contribution < -0.4 is 5.84 Å². The third-order valence-corrected chi connectivity index (χ3v) is 1.51. The van der Waals surface area contributed by atoms with Gasteiger partial charge >= 0.3 is 0 Å². The van der Waals surface area contributed by atoms with Gasteiger partial charge in [-0.2, -0.15) is 0 Å². The molecule has 0 bridgehead atoms. The van der Waals surface area contributed by atoms with Crippen molar-refractivity contribution in [3.05, 3.63) is 0 Å². The molecule has 0 spiro atoms. The van der Waals surface area contributed by atoms with E-state index in [1.165, 1.54) is 7.05 Å². The second-order valence-electron chi connectivity index (χ2n) is 2.76. The van der Waals surface area contributed by atoms with Crippen molar-refractivity contribution >= 4 is 5.91 Å². The molecule has 0 aliphatic carbocycles. The van der Waals surface area contributed by atoms with Crippen LogP contribution in [0.5, 0.6) is 0 Å².